The number of aryl methyl sites for hydroxylation is 1. The third-order valence-electron chi connectivity index (χ3n) is 4.85. The molecule has 0 saturated carbocycles. The summed E-state index contributed by atoms with van der Waals surface area (Å²) in [5.74, 6) is 1.50. The molecule has 2 fully saturated rings. The lowest BCUT2D eigenvalue weighted by atomic mass is 10.0. The van der Waals surface area contributed by atoms with Gasteiger partial charge in [0.15, 0.2) is 0 Å². The summed E-state index contributed by atoms with van der Waals surface area (Å²) in [7, 11) is -1.80. The first-order valence-electron chi connectivity index (χ1n) is 8.01. The highest BCUT2D eigenvalue weighted by Gasteiger charge is 2.42. The minimum Gasteiger partial charge on any atom is -0.466 e. The van der Waals surface area contributed by atoms with Gasteiger partial charge in [0.25, 0.3) is 10.2 Å². The summed E-state index contributed by atoms with van der Waals surface area (Å²) in [6.45, 7) is 3.57. The summed E-state index contributed by atoms with van der Waals surface area (Å²) >= 11 is 0. The van der Waals surface area contributed by atoms with Crippen LogP contribution >= 0.6 is 0 Å². The highest BCUT2D eigenvalue weighted by Crippen LogP contribution is 2.31. The zero-order chi connectivity index (χ0) is 16.6. The molecule has 1 aromatic rings. The van der Waals surface area contributed by atoms with E-state index in [0.29, 0.717) is 26.2 Å². The zero-order valence-electron chi connectivity index (χ0n) is 13.6. The van der Waals surface area contributed by atoms with Gasteiger partial charge in [0, 0.05) is 45.2 Å². The third kappa shape index (κ3) is 3.32. The smallest absolute Gasteiger partial charge is 0.282 e. The Morgan fingerprint density at radius 1 is 1.22 bits per heavy atom. The first-order valence-corrected chi connectivity index (χ1v) is 9.41. The van der Waals surface area contributed by atoms with Gasteiger partial charge >= 0.3 is 0 Å². The molecule has 130 valence electrons. The molecule has 0 bridgehead atoms. The van der Waals surface area contributed by atoms with E-state index < -0.39 is 10.2 Å². The normalized spacial score (nSPS) is 28.5. The maximum absolute atomic E-state index is 12.8. The van der Waals surface area contributed by atoms with Crippen LogP contribution in [0.25, 0.3) is 0 Å². The highest BCUT2D eigenvalue weighted by molar-refractivity contribution is 7.86. The van der Waals surface area contributed by atoms with Gasteiger partial charge in [-0.15, -0.1) is 0 Å². The molecule has 0 radical (unpaired) electrons. The van der Waals surface area contributed by atoms with E-state index in [1.807, 2.05) is 19.1 Å². The number of hydrogen-bond acceptors (Lipinski definition) is 5. The Morgan fingerprint density at radius 3 is 2.48 bits per heavy atom. The predicted octanol–water partition coefficient (Wildman–Crippen LogP) is 0.670. The van der Waals surface area contributed by atoms with Gasteiger partial charge in [0.05, 0.1) is 6.10 Å². The highest BCUT2D eigenvalue weighted by atomic mass is 32.2. The molecule has 2 aliphatic heterocycles. The van der Waals surface area contributed by atoms with Crippen molar-refractivity contribution in [3.8, 4) is 0 Å². The van der Waals surface area contributed by atoms with E-state index in [-0.39, 0.29) is 18.1 Å². The Morgan fingerprint density at radius 2 is 1.91 bits per heavy atom. The van der Waals surface area contributed by atoms with Crippen molar-refractivity contribution in [2.24, 2.45) is 5.73 Å². The van der Waals surface area contributed by atoms with Crippen LogP contribution in [-0.2, 0) is 14.9 Å². The molecule has 2 aliphatic rings. The SMILES string of the molecule is COC1CCN(S(=O)(=O)N2C[C@H](c3ccc(C)o3)[C@@H](N)C2)CC1. The first kappa shape index (κ1) is 16.9. The second-order valence-electron chi connectivity index (χ2n) is 6.38. The van der Waals surface area contributed by atoms with E-state index in [4.69, 9.17) is 14.9 Å². The van der Waals surface area contributed by atoms with Crippen molar-refractivity contribution in [2.75, 3.05) is 33.3 Å². The van der Waals surface area contributed by atoms with Crippen molar-refractivity contribution < 1.29 is 17.6 Å². The summed E-state index contributed by atoms with van der Waals surface area (Å²) in [6, 6.07) is 3.53. The molecule has 3 rings (SSSR count). The van der Waals surface area contributed by atoms with E-state index in [1.165, 1.54) is 4.31 Å². The number of piperidine rings is 1. The quantitative estimate of drug-likeness (QED) is 0.868. The Hall–Kier alpha value is -0.930. The molecule has 0 amide bonds. The Kier molecular flexibility index (Phi) is 4.80. The van der Waals surface area contributed by atoms with Crippen LogP contribution < -0.4 is 5.73 Å². The Bertz CT molecular complexity index is 637. The van der Waals surface area contributed by atoms with Crippen molar-refractivity contribution in [3.63, 3.8) is 0 Å². The second-order valence-corrected chi connectivity index (χ2v) is 8.31. The molecular weight excluding hydrogens is 318 g/mol. The van der Waals surface area contributed by atoms with Crippen molar-refractivity contribution in [3.05, 3.63) is 23.7 Å². The van der Waals surface area contributed by atoms with Crippen molar-refractivity contribution in [1.82, 2.24) is 8.61 Å². The van der Waals surface area contributed by atoms with Crippen molar-refractivity contribution in [2.45, 2.75) is 37.8 Å². The third-order valence-corrected chi connectivity index (χ3v) is 6.81. The molecular formula is C15H25N3O4S. The van der Waals surface area contributed by atoms with Gasteiger partial charge in [-0.1, -0.05) is 0 Å². The number of rotatable bonds is 4. The first-order chi connectivity index (χ1) is 10.9. The topological polar surface area (TPSA) is 89.0 Å². The van der Waals surface area contributed by atoms with E-state index in [9.17, 15) is 8.42 Å². The van der Waals surface area contributed by atoms with Gasteiger partial charge in [-0.2, -0.15) is 17.0 Å². The fourth-order valence-electron chi connectivity index (χ4n) is 3.40. The molecule has 2 saturated heterocycles. The van der Waals surface area contributed by atoms with Crippen LogP contribution in [0.1, 0.15) is 30.3 Å². The molecule has 23 heavy (non-hydrogen) atoms. The molecule has 8 heteroatoms. The molecule has 3 heterocycles. The van der Waals surface area contributed by atoms with Crippen molar-refractivity contribution >= 4 is 10.2 Å². The molecule has 0 unspecified atom stereocenters. The lowest BCUT2D eigenvalue weighted by Crippen LogP contribution is -2.47. The standard InChI is InChI=1S/C15H25N3O4S/c1-11-3-4-15(22-11)13-9-18(10-14(13)16)23(19,20)17-7-5-12(21-2)6-8-17/h3-4,12-14H,5-10,16H2,1-2H3/t13-,14-/m0/s1. The number of ether oxygens (including phenoxy) is 1. The van der Waals surface area contributed by atoms with Gasteiger partial charge < -0.3 is 14.9 Å². The minimum atomic E-state index is -3.47. The summed E-state index contributed by atoms with van der Waals surface area (Å²) in [5.41, 5.74) is 6.18. The largest absolute Gasteiger partial charge is 0.466 e. The monoisotopic (exact) mass is 343 g/mol. The number of furan rings is 1. The van der Waals surface area contributed by atoms with E-state index in [2.05, 4.69) is 0 Å². The molecule has 0 spiro atoms. The summed E-state index contributed by atoms with van der Waals surface area (Å²) < 4.78 is 39.7. The van der Waals surface area contributed by atoms with Gasteiger partial charge in [-0.3, -0.25) is 0 Å². The summed E-state index contributed by atoms with van der Waals surface area (Å²) in [6.07, 6.45) is 1.62. The lowest BCUT2D eigenvalue weighted by Gasteiger charge is -2.33. The van der Waals surface area contributed by atoms with Crippen LogP contribution in [-0.4, -0.2) is 62.5 Å². The average Bonchev–Trinajstić information content (AvgIpc) is 3.13. The summed E-state index contributed by atoms with van der Waals surface area (Å²) in [5, 5.41) is 0. The van der Waals surface area contributed by atoms with Crippen LogP contribution in [0.2, 0.25) is 0 Å². The van der Waals surface area contributed by atoms with Gasteiger partial charge in [-0.05, 0) is 31.9 Å². The second kappa shape index (κ2) is 6.52. The zero-order valence-corrected chi connectivity index (χ0v) is 14.5. The number of hydrogen-bond donors (Lipinski definition) is 1. The average molecular weight is 343 g/mol. The lowest BCUT2D eigenvalue weighted by molar-refractivity contribution is 0.0593. The Labute approximate surface area is 137 Å². The maximum atomic E-state index is 12.8. The maximum Gasteiger partial charge on any atom is 0.282 e. The van der Waals surface area contributed by atoms with E-state index in [0.717, 1.165) is 24.4 Å². The fourth-order valence-corrected chi connectivity index (χ4v) is 5.10. The van der Waals surface area contributed by atoms with Crippen LogP contribution in [0.15, 0.2) is 16.5 Å². The molecule has 2 atom stereocenters. The molecule has 0 aliphatic carbocycles. The van der Waals surface area contributed by atoms with Gasteiger partial charge in [0.2, 0.25) is 0 Å². The van der Waals surface area contributed by atoms with E-state index >= 15 is 0 Å². The molecule has 1 aromatic heterocycles. The predicted molar refractivity (Wildman–Crippen MR) is 86.3 cm³/mol. The number of nitrogens with zero attached hydrogens (tertiary/aromatic N) is 2. The molecule has 0 aromatic carbocycles. The van der Waals surface area contributed by atoms with Crippen LogP contribution in [0, 0.1) is 6.92 Å². The minimum absolute atomic E-state index is 0.0880. The number of nitrogens with two attached hydrogens (primary N) is 1. The van der Waals surface area contributed by atoms with Crippen LogP contribution in [0.5, 0.6) is 0 Å². The van der Waals surface area contributed by atoms with Crippen molar-refractivity contribution in [1.29, 1.82) is 0 Å². The Balaban J connectivity index is 1.69. The van der Waals surface area contributed by atoms with E-state index in [1.54, 1.807) is 11.4 Å². The molecule has 2 N–H and O–H groups in total. The van der Waals surface area contributed by atoms with Crippen LogP contribution in [0.4, 0.5) is 0 Å². The molecule has 7 nitrogen and oxygen atoms in total. The fraction of sp³-hybridized carbons (Fsp3) is 0.733. The van der Waals surface area contributed by atoms with Gasteiger partial charge in [0.1, 0.15) is 11.5 Å². The van der Waals surface area contributed by atoms with Crippen LogP contribution in [0.3, 0.4) is 0 Å². The van der Waals surface area contributed by atoms with Gasteiger partial charge in [-0.25, -0.2) is 0 Å². The summed E-state index contributed by atoms with van der Waals surface area (Å²) in [4.78, 5) is 0. The number of methoxy groups -OCH3 is 1.